The third kappa shape index (κ3) is 2.46. The molecule has 3 rings (SSSR count). The van der Waals surface area contributed by atoms with Gasteiger partial charge in [0.2, 0.25) is 0 Å². The van der Waals surface area contributed by atoms with Crippen LogP contribution in [0.15, 0.2) is 42.0 Å². The lowest BCUT2D eigenvalue weighted by Crippen LogP contribution is -2.04. The van der Waals surface area contributed by atoms with E-state index in [1.165, 1.54) is 11.3 Å². The molecule has 6 heteroatoms. The van der Waals surface area contributed by atoms with Gasteiger partial charge < -0.3 is 10.4 Å². The van der Waals surface area contributed by atoms with Gasteiger partial charge in [0, 0.05) is 16.5 Å². The summed E-state index contributed by atoms with van der Waals surface area (Å²) in [5, 5.41) is 13.1. The summed E-state index contributed by atoms with van der Waals surface area (Å²) in [6.45, 7) is 0.578. The predicted octanol–water partition coefficient (Wildman–Crippen LogP) is 3.00. The van der Waals surface area contributed by atoms with Crippen molar-refractivity contribution in [3.05, 3.63) is 52.5 Å². The maximum atomic E-state index is 11.3. The number of aromatic nitrogens is 2. The second-order valence-corrected chi connectivity index (χ2v) is 5.17. The first-order chi connectivity index (χ1) is 9.74. The van der Waals surface area contributed by atoms with Gasteiger partial charge in [0.1, 0.15) is 5.82 Å². The molecule has 5 nitrogen and oxygen atoms in total. The van der Waals surface area contributed by atoms with Crippen molar-refractivity contribution < 1.29 is 9.90 Å². The van der Waals surface area contributed by atoms with E-state index in [1.54, 1.807) is 36.0 Å². The third-order valence-corrected chi connectivity index (χ3v) is 3.65. The fraction of sp³-hybridized carbons (Fsp3) is 0.0714. The van der Waals surface area contributed by atoms with E-state index in [9.17, 15) is 9.90 Å². The molecule has 0 radical (unpaired) electrons. The molecular weight excluding hydrogens is 274 g/mol. The normalized spacial score (nSPS) is 10.6. The molecule has 0 saturated carbocycles. The number of carboxylic acid groups (broad SMARTS) is 1. The third-order valence-electron chi connectivity index (χ3n) is 2.87. The number of hydrogen-bond acceptors (Lipinski definition) is 5. The van der Waals surface area contributed by atoms with E-state index >= 15 is 0 Å². The number of rotatable bonds is 4. The standard InChI is InChI=1S/C14H11N3O2S/c18-14(19)11-5-13(16-7-9-6-15-8-20-9)17-12-4-2-1-3-10(11)12/h1-6,8H,7H2,(H,16,17)(H,18,19). The molecule has 20 heavy (non-hydrogen) atoms. The van der Waals surface area contributed by atoms with Gasteiger partial charge in [0.15, 0.2) is 0 Å². The van der Waals surface area contributed by atoms with Crippen LogP contribution in [0, 0.1) is 0 Å². The molecule has 2 heterocycles. The van der Waals surface area contributed by atoms with Crippen LogP contribution in [0.4, 0.5) is 5.82 Å². The predicted molar refractivity (Wildman–Crippen MR) is 78.1 cm³/mol. The molecular formula is C14H11N3O2S. The molecule has 0 amide bonds. The summed E-state index contributed by atoms with van der Waals surface area (Å²) >= 11 is 1.54. The summed E-state index contributed by atoms with van der Waals surface area (Å²) in [4.78, 5) is 20.8. The molecule has 2 aromatic heterocycles. The van der Waals surface area contributed by atoms with Crippen LogP contribution >= 0.6 is 11.3 Å². The van der Waals surface area contributed by atoms with Crippen molar-refractivity contribution in [2.24, 2.45) is 0 Å². The topological polar surface area (TPSA) is 75.1 Å². The smallest absolute Gasteiger partial charge is 0.336 e. The summed E-state index contributed by atoms with van der Waals surface area (Å²) in [5.41, 5.74) is 2.68. The number of benzene rings is 1. The number of para-hydroxylation sites is 1. The van der Waals surface area contributed by atoms with E-state index in [0.29, 0.717) is 23.3 Å². The molecule has 0 aliphatic carbocycles. The summed E-state index contributed by atoms with van der Waals surface area (Å²) in [6, 6.07) is 8.78. The molecule has 0 spiro atoms. The molecule has 3 aromatic rings. The van der Waals surface area contributed by atoms with E-state index in [0.717, 1.165) is 4.88 Å². The van der Waals surface area contributed by atoms with Crippen molar-refractivity contribution in [3.8, 4) is 0 Å². The summed E-state index contributed by atoms with van der Waals surface area (Å²) in [6.07, 6.45) is 1.77. The van der Waals surface area contributed by atoms with Crippen LogP contribution in [0.3, 0.4) is 0 Å². The van der Waals surface area contributed by atoms with E-state index < -0.39 is 5.97 Å². The Labute approximate surface area is 118 Å². The van der Waals surface area contributed by atoms with Gasteiger partial charge in [-0.15, -0.1) is 11.3 Å². The first-order valence-corrected chi connectivity index (χ1v) is 6.86. The molecule has 0 bridgehead atoms. The molecule has 0 unspecified atom stereocenters. The first-order valence-electron chi connectivity index (χ1n) is 5.98. The monoisotopic (exact) mass is 285 g/mol. The Bertz CT molecular complexity index is 756. The van der Waals surface area contributed by atoms with E-state index in [4.69, 9.17) is 0 Å². The fourth-order valence-corrected chi connectivity index (χ4v) is 2.48. The molecule has 100 valence electrons. The molecule has 0 fully saturated rings. The molecule has 1 aromatic carbocycles. The van der Waals surface area contributed by atoms with Crippen LogP contribution in [0.25, 0.3) is 10.9 Å². The second-order valence-electron chi connectivity index (χ2n) is 4.20. The number of fused-ring (bicyclic) bond motifs is 1. The lowest BCUT2D eigenvalue weighted by Gasteiger charge is -2.08. The van der Waals surface area contributed by atoms with Crippen molar-refractivity contribution >= 4 is 34.0 Å². The van der Waals surface area contributed by atoms with Crippen LogP contribution in [0.2, 0.25) is 0 Å². The highest BCUT2D eigenvalue weighted by molar-refractivity contribution is 7.09. The highest BCUT2D eigenvalue weighted by atomic mass is 32.1. The summed E-state index contributed by atoms with van der Waals surface area (Å²) in [5.74, 6) is -0.404. The minimum absolute atomic E-state index is 0.252. The highest BCUT2D eigenvalue weighted by Crippen LogP contribution is 2.21. The summed E-state index contributed by atoms with van der Waals surface area (Å²) in [7, 11) is 0. The van der Waals surface area contributed by atoms with E-state index in [1.807, 2.05) is 6.07 Å². The second kappa shape index (κ2) is 5.26. The van der Waals surface area contributed by atoms with Gasteiger partial charge in [-0.05, 0) is 12.1 Å². The number of thiazole rings is 1. The van der Waals surface area contributed by atoms with Gasteiger partial charge in [-0.1, -0.05) is 18.2 Å². The number of carbonyl (C=O) groups is 1. The lowest BCUT2D eigenvalue weighted by molar-refractivity contribution is 0.0699. The Kier molecular flexibility index (Phi) is 3.30. The average Bonchev–Trinajstić information content (AvgIpc) is 2.97. The van der Waals surface area contributed by atoms with Gasteiger partial charge in [0.25, 0.3) is 0 Å². The first kappa shape index (κ1) is 12.6. The lowest BCUT2D eigenvalue weighted by atomic mass is 10.1. The molecule has 0 aliphatic rings. The Morgan fingerprint density at radius 3 is 2.95 bits per heavy atom. The number of hydrogen-bond donors (Lipinski definition) is 2. The fourth-order valence-electron chi connectivity index (χ4n) is 1.95. The highest BCUT2D eigenvalue weighted by Gasteiger charge is 2.11. The van der Waals surface area contributed by atoms with Crippen LogP contribution < -0.4 is 5.32 Å². The Morgan fingerprint density at radius 2 is 2.20 bits per heavy atom. The SMILES string of the molecule is O=C(O)c1cc(NCc2cncs2)nc2ccccc12. The van der Waals surface area contributed by atoms with Gasteiger partial charge in [0.05, 0.1) is 23.1 Å². The number of anilines is 1. The van der Waals surface area contributed by atoms with Gasteiger partial charge >= 0.3 is 5.97 Å². The zero-order valence-corrected chi connectivity index (χ0v) is 11.2. The minimum Gasteiger partial charge on any atom is -0.478 e. The van der Waals surface area contributed by atoms with Crippen molar-refractivity contribution in [2.45, 2.75) is 6.54 Å². The summed E-state index contributed by atoms with van der Waals surface area (Å²) < 4.78 is 0. The number of aromatic carboxylic acids is 1. The quantitative estimate of drug-likeness (QED) is 0.770. The van der Waals surface area contributed by atoms with Gasteiger partial charge in [-0.3, -0.25) is 4.98 Å². The van der Waals surface area contributed by atoms with Crippen molar-refractivity contribution in [2.75, 3.05) is 5.32 Å². The largest absolute Gasteiger partial charge is 0.478 e. The number of nitrogens with zero attached hydrogens (tertiary/aromatic N) is 2. The zero-order chi connectivity index (χ0) is 13.9. The van der Waals surface area contributed by atoms with Crippen molar-refractivity contribution in [3.63, 3.8) is 0 Å². The van der Waals surface area contributed by atoms with E-state index in [2.05, 4.69) is 15.3 Å². The minimum atomic E-state index is -0.954. The van der Waals surface area contributed by atoms with Crippen LogP contribution in [0.1, 0.15) is 15.2 Å². The Hall–Kier alpha value is -2.47. The molecule has 0 saturated heterocycles. The number of pyridine rings is 1. The van der Waals surface area contributed by atoms with Crippen LogP contribution in [-0.2, 0) is 6.54 Å². The number of carboxylic acids is 1. The molecule has 0 atom stereocenters. The maximum Gasteiger partial charge on any atom is 0.336 e. The Morgan fingerprint density at radius 1 is 1.35 bits per heavy atom. The maximum absolute atomic E-state index is 11.3. The van der Waals surface area contributed by atoms with Gasteiger partial charge in [-0.2, -0.15) is 0 Å². The Balaban J connectivity index is 1.97. The van der Waals surface area contributed by atoms with Crippen molar-refractivity contribution in [1.29, 1.82) is 0 Å². The van der Waals surface area contributed by atoms with Gasteiger partial charge in [-0.25, -0.2) is 9.78 Å². The molecule has 2 N–H and O–H groups in total. The average molecular weight is 285 g/mol. The van der Waals surface area contributed by atoms with Crippen LogP contribution in [0.5, 0.6) is 0 Å². The number of nitrogens with one attached hydrogen (secondary N) is 1. The van der Waals surface area contributed by atoms with E-state index in [-0.39, 0.29) is 5.56 Å². The molecule has 0 aliphatic heterocycles. The van der Waals surface area contributed by atoms with Crippen molar-refractivity contribution in [1.82, 2.24) is 9.97 Å². The zero-order valence-electron chi connectivity index (χ0n) is 10.4. The van der Waals surface area contributed by atoms with Crippen LogP contribution in [-0.4, -0.2) is 21.0 Å².